The number of methoxy groups -OCH3 is 1. The molecule has 1 heterocycles. The molecule has 1 aromatic heterocycles. The molecular formula is C16H17ClFN3O2. The number of nitrogens with one attached hydrogen (secondary N) is 1. The molecule has 0 aliphatic rings. The molecule has 0 aliphatic carbocycles. The number of pyridine rings is 1. The van der Waals surface area contributed by atoms with Crippen LogP contribution in [0, 0.1) is 5.82 Å². The zero-order chi connectivity index (χ0) is 16.8. The van der Waals surface area contributed by atoms with Crippen molar-refractivity contribution in [1.82, 2.24) is 15.2 Å². The fourth-order valence-electron chi connectivity index (χ4n) is 2.04. The second-order valence-electron chi connectivity index (χ2n) is 4.89. The summed E-state index contributed by atoms with van der Waals surface area (Å²) in [4.78, 5) is 17.5. The molecule has 2 aromatic rings. The fraction of sp³-hybridized carbons (Fsp3) is 0.250. The molecule has 7 heteroatoms. The smallest absolute Gasteiger partial charge is 0.317 e. The second kappa shape index (κ2) is 7.78. The Morgan fingerprint density at radius 1 is 1.39 bits per heavy atom. The number of carbonyl (C=O) groups excluding carboxylic acids is 1. The van der Waals surface area contributed by atoms with Crippen LogP contribution in [-0.4, -0.2) is 30.1 Å². The molecule has 0 bridgehead atoms. The molecular weight excluding hydrogens is 321 g/mol. The van der Waals surface area contributed by atoms with Crippen molar-refractivity contribution >= 4 is 17.6 Å². The van der Waals surface area contributed by atoms with E-state index in [-0.39, 0.29) is 24.7 Å². The van der Waals surface area contributed by atoms with Crippen LogP contribution in [0.25, 0.3) is 0 Å². The highest BCUT2D eigenvalue weighted by Gasteiger charge is 2.14. The summed E-state index contributed by atoms with van der Waals surface area (Å²) < 4.78 is 18.9. The summed E-state index contributed by atoms with van der Waals surface area (Å²) in [7, 11) is 3.08. The Kier molecular flexibility index (Phi) is 5.76. The lowest BCUT2D eigenvalue weighted by molar-refractivity contribution is 0.206. The Morgan fingerprint density at radius 2 is 2.17 bits per heavy atom. The number of urea groups is 1. The zero-order valence-corrected chi connectivity index (χ0v) is 13.6. The van der Waals surface area contributed by atoms with Gasteiger partial charge in [-0.15, -0.1) is 0 Å². The van der Waals surface area contributed by atoms with Crippen molar-refractivity contribution in [1.29, 1.82) is 0 Å². The van der Waals surface area contributed by atoms with E-state index in [1.54, 1.807) is 31.4 Å². The van der Waals surface area contributed by atoms with Gasteiger partial charge in [-0.05, 0) is 18.2 Å². The van der Waals surface area contributed by atoms with Gasteiger partial charge in [0.15, 0.2) is 0 Å². The first-order valence-electron chi connectivity index (χ1n) is 6.92. The van der Waals surface area contributed by atoms with Gasteiger partial charge in [-0.1, -0.05) is 23.7 Å². The molecule has 122 valence electrons. The van der Waals surface area contributed by atoms with Gasteiger partial charge in [0.25, 0.3) is 0 Å². The largest absolute Gasteiger partial charge is 0.481 e. The van der Waals surface area contributed by atoms with Crippen LogP contribution in [0.3, 0.4) is 0 Å². The van der Waals surface area contributed by atoms with E-state index < -0.39 is 5.82 Å². The highest BCUT2D eigenvalue weighted by molar-refractivity contribution is 6.31. The van der Waals surface area contributed by atoms with Crippen molar-refractivity contribution in [2.75, 3.05) is 14.2 Å². The van der Waals surface area contributed by atoms with Crippen molar-refractivity contribution in [2.24, 2.45) is 0 Å². The van der Waals surface area contributed by atoms with Crippen LogP contribution in [0.15, 0.2) is 36.5 Å². The van der Waals surface area contributed by atoms with Gasteiger partial charge in [0, 0.05) is 35.9 Å². The number of rotatable bonds is 5. The predicted molar refractivity (Wildman–Crippen MR) is 85.9 cm³/mol. The number of aromatic nitrogens is 1. The summed E-state index contributed by atoms with van der Waals surface area (Å²) in [6, 6.07) is 7.64. The normalized spacial score (nSPS) is 10.3. The van der Waals surface area contributed by atoms with Crippen molar-refractivity contribution in [3.63, 3.8) is 0 Å². The van der Waals surface area contributed by atoms with Crippen molar-refractivity contribution < 1.29 is 13.9 Å². The van der Waals surface area contributed by atoms with Gasteiger partial charge in [-0.25, -0.2) is 14.2 Å². The van der Waals surface area contributed by atoms with E-state index in [1.165, 1.54) is 24.1 Å². The van der Waals surface area contributed by atoms with E-state index in [9.17, 15) is 9.18 Å². The maximum Gasteiger partial charge on any atom is 0.317 e. The van der Waals surface area contributed by atoms with Crippen LogP contribution >= 0.6 is 11.6 Å². The number of nitrogens with zero attached hydrogens (tertiary/aromatic N) is 2. The number of hydrogen-bond acceptors (Lipinski definition) is 3. The van der Waals surface area contributed by atoms with Gasteiger partial charge in [-0.3, -0.25) is 0 Å². The third-order valence-electron chi connectivity index (χ3n) is 3.28. The number of hydrogen-bond donors (Lipinski definition) is 1. The Balaban J connectivity index is 1.98. The molecule has 2 amide bonds. The van der Waals surface area contributed by atoms with Crippen molar-refractivity contribution in [2.45, 2.75) is 13.1 Å². The number of carbonyl (C=O) groups is 1. The molecule has 0 fully saturated rings. The third-order valence-corrected chi connectivity index (χ3v) is 3.63. The molecule has 0 atom stereocenters. The summed E-state index contributed by atoms with van der Waals surface area (Å²) in [5, 5.41) is 3.02. The Hall–Kier alpha value is -2.34. The van der Waals surface area contributed by atoms with E-state index in [4.69, 9.17) is 16.3 Å². The maximum atomic E-state index is 13.8. The molecule has 0 radical (unpaired) electrons. The zero-order valence-electron chi connectivity index (χ0n) is 12.8. The van der Waals surface area contributed by atoms with Gasteiger partial charge in [-0.2, -0.15) is 0 Å². The number of benzene rings is 1. The minimum absolute atomic E-state index is 0.0709. The molecule has 0 spiro atoms. The van der Waals surface area contributed by atoms with Gasteiger partial charge < -0.3 is 15.0 Å². The number of amides is 2. The van der Waals surface area contributed by atoms with Gasteiger partial charge in [0.05, 0.1) is 13.7 Å². The second-order valence-corrected chi connectivity index (χ2v) is 5.29. The molecule has 0 saturated carbocycles. The van der Waals surface area contributed by atoms with Crippen LogP contribution in [0.5, 0.6) is 5.88 Å². The molecule has 23 heavy (non-hydrogen) atoms. The van der Waals surface area contributed by atoms with E-state index in [0.717, 1.165) is 5.56 Å². The minimum atomic E-state index is -0.439. The SMILES string of the molecule is COc1ncccc1CNC(=O)N(C)Cc1c(F)cccc1Cl. The highest BCUT2D eigenvalue weighted by Crippen LogP contribution is 2.20. The lowest BCUT2D eigenvalue weighted by Gasteiger charge is -2.19. The highest BCUT2D eigenvalue weighted by atomic mass is 35.5. The average Bonchev–Trinajstić information content (AvgIpc) is 2.56. The van der Waals surface area contributed by atoms with Crippen molar-refractivity contribution in [3.8, 4) is 5.88 Å². The summed E-state index contributed by atoms with van der Waals surface area (Å²) in [6.07, 6.45) is 1.61. The van der Waals surface area contributed by atoms with E-state index in [0.29, 0.717) is 10.9 Å². The third kappa shape index (κ3) is 4.32. The first-order chi connectivity index (χ1) is 11.0. The molecule has 1 aromatic carbocycles. The van der Waals surface area contributed by atoms with Gasteiger partial charge >= 0.3 is 6.03 Å². The average molecular weight is 338 g/mol. The molecule has 0 unspecified atom stereocenters. The van der Waals surface area contributed by atoms with Crippen LogP contribution in [-0.2, 0) is 13.1 Å². The van der Waals surface area contributed by atoms with Crippen LogP contribution in [0.2, 0.25) is 5.02 Å². The first-order valence-corrected chi connectivity index (χ1v) is 7.30. The topological polar surface area (TPSA) is 54.5 Å². The van der Waals surface area contributed by atoms with Crippen LogP contribution in [0.1, 0.15) is 11.1 Å². The molecule has 2 rings (SSSR count). The fourth-order valence-corrected chi connectivity index (χ4v) is 2.26. The Bertz CT molecular complexity index is 677. The number of halogens is 2. The lowest BCUT2D eigenvalue weighted by atomic mass is 10.2. The Labute approximate surface area is 139 Å². The summed E-state index contributed by atoms with van der Waals surface area (Å²) in [5.74, 6) is 0.0127. The van der Waals surface area contributed by atoms with Gasteiger partial charge in [0.2, 0.25) is 5.88 Å². The minimum Gasteiger partial charge on any atom is -0.481 e. The number of ether oxygens (including phenoxy) is 1. The quantitative estimate of drug-likeness (QED) is 0.911. The molecule has 1 N–H and O–H groups in total. The van der Waals surface area contributed by atoms with E-state index >= 15 is 0 Å². The van der Waals surface area contributed by atoms with E-state index in [1.807, 2.05) is 0 Å². The van der Waals surface area contributed by atoms with Crippen LogP contribution in [0.4, 0.5) is 9.18 Å². The van der Waals surface area contributed by atoms with Crippen molar-refractivity contribution in [3.05, 3.63) is 58.5 Å². The maximum absolute atomic E-state index is 13.8. The summed E-state index contributed by atoms with van der Waals surface area (Å²) >= 11 is 5.97. The lowest BCUT2D eigenvalue weighted by Crippen LogP contribution is -2.36. The monoisotopic (exact) mass is 337 g/mol. The van der Waals surface area contributed by atoms with Crippen LogP contribution < -0.4 is 10.1 Å². The molecule has 0 saturated heterocycles. The predicted octanol–water partition coefficient (Wildman–Crippen LogP) is 3.22. The molecule has 5 nitrogen and oxygen atoms in total. The first kappa shape index (κ1) is 17.0. The standard InChI is InChI=1S/C16H17ClFN3O2/c1-21(10-12-13(17)6-3-7-14(12)18)16(22)20-9-11-5-4-8-19-15(11)23-2/h3-8H,9-10H2,1-2H3,(H,20,22). The summed E-state index contributed by atoms with van der Waals surface area (Å²) in [5.41, 5.74) is 1.03. The van der Waals surface area contributed by atoms with E-state index in [2.05, 4.69) is 10.3 Å². The Morgan fingerprint density at radius 3 is 2.87 bits per heavy atom. The molecule has 0 aliphatic heterocycles. The summed E-state index contributed by atoms with van der Waals surface area (Å²) in [6.45, 7) is 0.326. The van der Waals surface area contributed by atoms with Gasteiger partial charge in [0.1, 0.15) is 5.82 Å².